The zero-order valence-corrected chi connectivity index (χ0v) is 16.3. The largest absolute Gasteiger partial charge is 0.353 e. The number of nitrogens with zero attached hydrogens (tertiary/aromatic N) is 5. The van der Waals surface area contributed by atoms with Gasteiger partial charge in [-0.2, -0.15) is 0 Å². The monoisotopic (exact) mass is 369 g/mol. The summed E-state index contributed by atoms with van der Waals surface area (Å²) in [5.41, 5.74) is 5.25. The highest BCUT2D eigenvalue weighted by Gasteiger charge is 2.21. The van der Waals surface area contributed by atoms with Crippen molar-refractivity contribution in [3.63, 3.8) is 0 Å². The van der Waals surface area contributed by atoms with E-state index in [4.69, 9.17) is 15.0 Å². The Morgan fingerprint density at radius 3 is 2.04 bits per heavy atom. The summed E-state index contributed by atoms with van der Waals surface area (Å²) in [5.74, 6) is 2.07. The number of piperazine rings is 1. The minimum Gasteiger partial charge on any atom is -0.353 e. The fraction of sp³-hybridized carbons (Fsp3) is 0.261. The molecule has 1 aliphatic heterocycles. The minimum absolute atomic E-state index is 0.918. The lowest BCUT2D eigenvalue weighted by Crippen LogP contribution is -2.47. The third-order valence-electron chi connectivity index (χ3n) is 5.53. The maximum absolute atomic E-state index is 4.90. The van der Waals surface area contributed by atoms with Gasteiger partial charge in [0.25, 0.3) is 0 Å². The van der Waals surface area contributed by atoms with Crippen LogP contribution in [0.5, 0.6) is 0 Å². The van der Waals surface area contributed by atoms with Crippen LogP contribution in [0.3, 0.4) is 0 Å². The number of hydrogen-bond donors (Lipinski definition) is 0. The van der Waals surface area contributed by atoms with Gasteiger partial charge in [-0.3, -0.25) is 0 Å². The van der Waals surface area contributed by atoms with Crippen molar-refractivity contribution in [3.05, 3.63) is 65.9 Å². The van der Waals surface area contributed by atoms with Gasteiger partial charge in [0.2, 0.25) is 0 Å². The number of fused-ring (bicyclic) bond motifs is 2. The Labute approximate surface area is 164 Å². The van der Waals surface area contributed by atoms with Crippen molar-refractivity contribution < 1.29 is 0 Å². The number of benzene rings is 2. The average Bonchev–Trinajstić information content (AvgIpc) is 2.73. The van der Waals surface area contributed by atoms with Crippen LogP contribution in [0.2, 0.25) is 0 Å². The Hall–Kier alpha value is -3.21. The van der Waals surface area contributed by atoms with Crippen molar-refractivity contribution >= 4 is 33.6 Å². The van der Waals surface area contributed by atoms with Crippen molar-refractivity contribution in [2.24, 2.45) is 0 Å². The van der Waals surface area contributed by atoms with Crippen LogP contribution in [0.25, 0.3) is 21.9 Å². The Morgan fingerprint density at radius 1 is 0.679 bits per heavy atom. The molecular formula is C23H23N5. The number of anilines is 2. The molecule has 28 heavy (non-hydrogen) atoms. The number of rotatable bonds is 2. The molecule has 0 bridgehead atoms. The molecule has 0 saturated carbocycles. The van der Waals surface area contributed by atoms with Crippen LogP contribution in [-0.2, 0) is 0 Å². The molecule has 0 N–H and O–H groups in total. The summed E-state index contributed by atoms with van der Waals surface area (Å²) in [6.07, 6.45) is 0. The average molecular weight is 369 g/mol. The normalized spacial score (nSPS) is 14.8. The maximum atomic E-state index is 4.90. The van der Waals surface area contributed by atoms with E-state index < -0.39 is 0 Å². The van der Waals surface area contributed by atoms with Crippen LogP contribution in [-0.4, -0.2) is 41.1 Å². The number of hydrogen-bond acceptors (Lipinski definition) is 5. The first-order valence-electron chi connectivity index (χ1n) is 9.79. The van der Waals surface area contributed by atoms with E-state index in [1.165, 1.54) is 10.9 Å². The number of aromatic nitrogens is 3. The zero-order valence-electron chi connectivity index (χ0n) is 16.3. The van der Waals surface area contributed by atoms with Crippen LogP contribution in [0, 0.1) is 13.8 Å². The first-order valence-corrected chi connectivity index (χ1v) is 9.79. The molecule has 2 aromatic carbocycles. The summed E-state index contributed by atoms with van der Waals surface area (Å²) < 4.78 is 0. The van der Waals surface area contributed by atoms with E-state index in [2.05, 4.69) is 54.0 Å². The highest BCUT2D eigenvalue weighted by Crippen LogP contribution is 2.25. The van der Waals surface area contributed by atoms with Gasteiger partial charge in [0, 0.05) is 31.6 Å². The Morgan fingerprint density at radius 2 is 1.29 bits per heavy atom. The van der Waals surface area contributed by atoms with Gasteiger partial charge in [-0.25, -0.2) is 15.0 Å². The summed E-state index contributed by atoms with van der Waals surface area (Å²) in [4.78, 5) is 19.2. The van der Waals surface area contributed by atoms with E-state index in [0.717, 1.165) is 60.1 Å². The molecule has 4 aromatic rings. The zero-order chi connectivity index (χ0) is 19.1. The second-order valence-corrected chi connectivity index (χ2v) is 7.41. The maximum Gasteiger partial charge on any atom is 0.150 e. The van der Waals surface area contributed by atoms with Gasteiger partial charge >= 0.3 is 0 Å². The second kappa shape index (κ2) is 6.75. The lowest BCUT2D eigenvalue weighted by Gasteiger charge is -2.36. The third kappa shape index (κ3) is 2.93. The number of pyridine rings is 1. The second-order valence-electron chi connectivity index (χ2n) is 7.41. The molecule has 3 heterocycles. The van der Waals surface area contributed by atoms with Crippen molar-refractivity contribution in [3.8, 4) is 0 Å². The van der Waals surface area contributed by atoms with E-state index in [1.54, 1.807) is 0 Å². The predicted octanol–water partition coefficient (Wildman–Crippen LogP) is 4.12. The van der Waals surface area contributed by atoms with Crippen LogP contribution in [0.4, 0.5) is 11.6 Å². The third-order valence-corrected chi connectivity index (χ3v) is 5.53. The molecule has 5 nitrogen and oxygen atoms in total. The molecule has 0 amide bonds. The van der Waals surface area contributed by atoms with E-state index in [1.807, 2.05) is 24.3 Å². The predicted molar refractivity (Wildman–Crippen MR) is 115 cm³/mol. The molecule has 5 rings (SSSR count). The Balaban J connectivity index is 1.39. The molecule has 0 spiro atoms. The van der Waals surface area contributed by atoms with Gasteiger partial charge in [-0.15, -0.1) is 0 Å². The van der Waals surface area contributed by atoms with E-state index in [9.17, 15) is 0 Å². The quantitative estimate of drug-likeness (QED) is 0.532. The molecule has 140 valence electrons. The first-order chi connectivity index (χ1) is 13.7. The lowest BCUT2D eigenvalue weighted by atomic mass is 10.1. The molecule has 1 fully saturated rings. The van der Waals surface area contributed by atoms with Crippen LogP contribution in [0.15, 0.2) is 54.6 Å². The topological polar surface area (TPSA) is 45.2 Å². The van der Waals surface area contributed by atoms with Crippen LogP contribution >= 0.6 is 0 Å². The first kappa shape index (κ1) is 16.9. The number of para-hydroxylation sites is 3. The van der Waals surface area contributed by atoms with E-state index >= 15 is 0 Å². The fourth-order valence-corrected chi connectivity index (χ4v) is 4.02. The van der Waals surface area contributed by atoms with Gasteiger partial charge in [0.1, 0.15) is 5.82 Å². The SMILES string of the molecule is Cc1nc2ccccc2nc1N1CCN(c2cc(C)c3ccccc3n2)CC1. The van der Waals surface area contributed by atoms with E-state index in [-0.39, 0.29) is 0 Å². The molecular weight excluding hydrogens is 346 g/mol. The van der Waals surface area contributed by atoms with Gasteiger partial charge in [0.15, 0.2) is 5.82 Å². The summed E-state index contributed by atoms with van der Waals surface area (Å²) >= 11 is 0. The lowest BCUT2D eigenvalue weighted by molar-refractivity contribution is 0.640. The summed E-state index contributed by atoms with van der Waals surface area (Å²) in [7, 11) is 0. The van der Waals surface area contributed by atoms with Gasteiger partial charge in [-0.05, 0) is 43.7 Å². The Kier molecular flexibility index (Phi) is 4.08. The standard InChI is InChI=1S/C23H23N5/c1-16-15-22(25-19-8-4-3-7-18(16)19)27-11-13-28(14-12-27)23-17(2)24-20-9-5-6-10-21(20)26-23/h3-10,15H,11-14H2,1-2H3. The summed E-state index contributed by atoms with van der Waals surface area (Å²) in [6, 6.07) is 18.6. The highest BCUT2D eigenvalue weighted by molar-refractivity contribution is 5.84. The molecule has 0 atom stereocenters. The molecule has 2 aromatic heterocycles. The van der Waals surface area contributed by atoms with Gasteiger partial charge in [-0.1, -0.05) is 30.3 Å². The Bertz CT molecular complexity index is 1160. The number of aryl methyl sites for hydroxylation is 2. The van der Waals surface area contributed by atoms with Gasteiger partial charge in [0.05, 0.1) is 22.2 Å². The highest BCUT2D eigenvalue weighted by atomic mass is 15.3. The van der Waals surface area contributed by atoms with Crippen molar-refractivity contribution in [2.45, 2.75) is 13.8 Å². The molecule has 5 heteroatoms. The van der Waals surface area contributed by atoms with Crippen LogP contribution in [0.1, 0.15) is 11.3 Å². The van der Waals surface area contributed by atoms with Crippen LogP contribution < -0.4 is 9.80 Å². The van der Waals surface area contributed by atoms with E-state index in [0.29, 0.717) is 0 Å². The fourth-order valence-electron chi connectivity index (χ4n) is 4.02. The van der Waals surface area contributed by atoms with Crippen molar-refractivity contribution in [2.75, 3.05) is 36.0 Å². The van der Waals surface area contributed by atoms with Gasteiger partial charge < -0.3 is 9.80 Å². The summed E-state index contributed by atoms with van der Waals surface area (Å²) in [5, 5.41) is 1.23. The van der Waals surface area contributed by atoms with Crippen molar-refractivity contribution in [1.29, 1.82) is 0 Å². The molecule has 0 radical (unpaired) electrons. The molecule has 1 saturated heterocycles. The summed E-state index contributed by atoms with van der Waals surface area (Å²) in [6.45, 7) is 7.91. The van der Waals surface area contributed by atoms with Crippen molar-refractivity contribution in [1.82, 2.24) is 15.0 Å². The molecule has 1 aliphatic rings. The molecule has 0 unspecified atom stereocenters. The minimum atomic E-state index is 0.918. The molecule has 0 aliphatic carbocycles. The smallest absolute Gasteiger partial charge is 0.150 e.